The quantitative estimate of drug-likeness (QED) is 0.309. The third-order valence-electron chi connectivity index (χ3n) is 6.55. The number of aryl methyl sites for hydroxylation is 1. The highest BCUT2D eigenvalue weighted by atomic mass is 35.5. The average Bonchev–Trinajstić information content (AvgIpc) is 2.92. The molecule has 0 bridgehead atoms. The number of sulfonamides is 1. The van der Waals surface area contributed by atoms with E-state index in [0.717, 1.165) is 21.9 Å². The third-order valence-corrected chi connectivity index (χ3v) is 8.59. The van der Waals surface area contributed by atoms with Crippen LogP contribution in [0.2, 0.25) is 5.02 Å². The SMILES string of the molecule is CCC(C)NC(=O)C(CC)N(Cc1cccc(C)c1)C(=O)CN(c1ccc(Cl)cc1)S(=O)(=O)c1ccccc1. The number of anilines is 1. The minimum atomic E-state index is -4.11. The summed E-state index contributed by atoms with van der Waals surface area (Å²) in [6.45, 7) is 7.35. The van der Waals surface area contributed by atoms with Gasteiger partial charge in [0.15, 0.2) is 0 Å². The van der Waals surface area contributed by atoms with E-state index in [9.17, 15) is 18.0 Å². The second-order valence-corrected chi connectivity index (χ2v) is 11.9. The first-order valence-electron chi connectivity index (χ1n) is 13.1. The zero-order valence-electron chi connectivity index (χ0n) is 22.8. The minimum absolute atomic E-state index is 0.0551. The number of benzene rings is 3. The lowest BCUT2D eigenvalue weighted by molar-refractivity contribution is -0.140. The molecule has 0 fully saturated rings. The van der Waals surface area contributed by atoms with Crippen LogP contribution < -0.4 is 9.62 Å². The maximum atomic E-state index is 14.0. The fourth-order valence-electron chi connectivity index (χ4n) is 4.22. The van der Waals surface area contributed by atoms with Crippen LogP contribution in [0.1, 0.15) is 44.7 Å². The Morgan fingerprint density at radius 1 is 0.923 bits per heavy atom. The molecule has 0 aliphatic rings. The monoisotopic (exact) mass is 569 g/mol. The molecule has 0 radical (unpaired) electrons. The lowest BCUT2D eigenvalue weighted by Gasteiger charge is -2.33. The number of halogens is 1. The van der Waals surface area contributed by atoms with Crippen LogP contribution in [0.5, 0.6) is 0 Å². The number of rotatable bonds is 12. The van der Waals surface area contributed by atoms with E-state index in [2.05, 4.69) is 5.32 Å². The Morgan fingerprint density at radius 3 is 2.18 bits per heavy atom. The van der Waals surface area contributed by atoms with Crippen LogP contribution in [0, 0.1) is 6.92 Å². The Bertz CT molecular complexity index is 1360. The molecule has 0 aromatic heterocycles. The van der Waals surface area contributed by atoms with E-state index in [1.54, 1.807) is 42.5 Å². The molecule has 3 aromatic rings. The molecule has 2 atom stereocenters. The van der Waals surface area contributed by atoms with Crippen molar-refractivity contribution in [1.82, 2.24) is 10.2 Å². The predicted molar refractivity (Wildman–Crippen MR) is 156 cm³/mol. The van der Waals surface area contributed by atoms with E-state index in [-0.39, 0.29) is 23.4 Å². The molecule has 3 aromatic carbocycles. The van der Waals surface area contributed by atoms with Gasteiger partial charge in [-0.1, -0.05) is 73.5 Å². The van der Waals surface area contributed by atoms with Gasteiger partial charge in [-0.15, -0.1) is 0 Å². The van der Waals surface area contributed by atoms with Gasteiger partial charge in [0.2, 0.25) is 11.8 Å². The smallest absolute Gasteiger partial charge is 0.264 e. The molecular formula is C30H36ClN3O4S. The van der Waals surface area contributed by atoms with Crippen molar-refractivity contribution in [3.63, 3.8) is 0 Å². The van der Waals surface area contributed by atoms with Crippen LogP contribution in [0.3, 0.4) is 0 Å². The molecule has 0 aliphatic heterocycles. The van der Waals surface area contributed by atoms with Gasteiger partial charge in [-0.25, -0.2) is 8.42 Å². The van der Waals surface area contributed by atoms with E-state index >= 15 is 0 Å². The van der Waals surface area contributed by atoms with Gasteiger partial charge in [0.25, 0.3) is 10.0 Å². The minimum Gasteiger partial charge on any atom is -0.352 e. The fourth-order valence-corrected chi connectivity index (χ4v) is 5.78. The first-order valence-corrected chi connectivity index (χ1v) is 14.9. The second-order valence-electron chi connectivity index (χ2n) is 9.55. The van der Waals surface area contributed by atoms with Crippen molar-refractivity contribution >= 4 is 39.1 Å². The summed E-state index contributed by atoms with van der Waals surface area (Å²) in [6, 6.07) is 21.1. The number of hydrogen-bond acceptors (Lipinski definition) is 4. The molecule has 2 unspecified atom stereocenters. The van der Waals surface area contributed by atoms with Crippen LogP contribution in [0.25, 0.3) is 0 Å². The van der Waals surface area contributed by atoms with Gasteiger partial charge in [0.1, 0.15) is 12.6 Å². The Hall–Kier alpha value is -3.36. The fraction of sp³-hybridized carbons (Fsp3) is 0.333. The summed E-state index contributed by atoms with van der Waals surface area (Å²) in [4.78, 5) is 28.9. The molecule has 39 heavy (non-hydrogen) atoms. The van der Waals surface area contributed by atoms with Crippen molar-refractivity contribution < 1.29 is 18.0 Å². The molecular weight excluding hydrogens is 534 g/mol. The first kappa shape index (κ1) is 30.2. The predicted octanol–water partition coefficient (Wildman–Crippen LogP) is 5.57. The number of carbonyl (C=O) groups is 2. The standard InChI is InChI=1S/C30H36ClN3O4S/c1-5-23(4)32-30(36)28(6-2)33(20-24-12-10-11-22(3)19-24)29(35)21-34(26-17-15-25(31)16-18-26)39(37,38)27-13-8-7-9-14-27/h7-19,23,28H,5-6,20-21H2,1-4H3,(H,32,36). The van der Waals surface area contributed by atoms with Gasteiger partial charge >= 0.3 is 0 Å². The molecule has 0 saturated heterocycles. The summed E-state index contributed by atoms with van der Waals surface area (Å²) in [5.74, 6) is -0.756. The highest BCUT2D eigenvalue weighted by Gasteiger charge is 2.33. The highest BCUT2D eigenvalue weighted by Crippen LogP contribution is 2.26. The molecule has 2 amide bonds. The maximum Gasteiger partial charge on any atom is 0.264 e. The molecule has 208 valence electrons. The van der Waals surface area contributed by atoms with E-state index in [1.165, 1.54) is 17.0 Å². The molecule has 0 spiro atoms. The van der Waals surface area contributed by atoms with Crippen molar-refractivity contribution in [2.75, 3.05) is 10.8 Å². The summed E-state index contributed by atoms with van der Waals surface area (Å²) in [6.07, 6.45) is 1.11. The van der Waals surface area contributed by atoms with Crippen LogP contribution in [-0.4, -0.2) is 43.8 Å². The number of nitrogens with one attached hydrogen (secondary N) is 1. The molecule has 7 nitrogen and oxygen atoms in total. The summed E-state index contributed by atoms with van der Waals surface area (Å²) in [7, 11) is -4.11. The maximum absolute atomic E-state index is 14.0. The van der Waals surface area contributed by atoms with Crippen molar-refractivity contribution in [1.29, 1.82) is 0 Å². The Morgan fingerprint density at radius 2 is 1.59 bits per heavy atom. The van der Waals surface area contributed by atoms with Gasteiger partial charge in [0.05, 0.1) is 10.6 Å². The van der Waals surface area contributed by atoms with Crippen LogP contribution in [-0.2, 0) is 26.2 Å². The summed E-state index contributed by atoms with van der Waals surface area (Å²) in [5.41, 5.74) is 2.16. The van der Waals surface area contributed by atoms with Crippen LogP contribution in [0.4, 0.5) is 5.69 Å². The molecule has 1 N–H and O–H groups in total. The summed E-state index contributed by atoms with van der Waals surface area (Å²) >= 11 is 6.07. The van der Waals surface area contributed by atoms with Crippen molar-refractivity contribution in [2.45, 2.75) is 64.1 Å². The highest BCUT2D eigenvalue weighted by molar-refractivity contribution is 7.92. The van der Waals surface area contributed by atoms with Crippen LogP contribution in [0.15, 0.2) is 83.8 Å². The van der Waals surface area contributed by atoms with Gasteiger partial charge in [-0.05, 0) is 68.7 Å². The van der Waals surface area contributed by atoms with E-state index in [4.69, 9.17) is 11.6 Å². The Kier molecular flexibility index (Phi) is 10.5. The van der Waals surface area contributed by atoms with Crippen molar-refractivity contribution in [3.05, 3.63) is 95.0 Å². The lowest BCUT2D eigenvalue weighted by atomic mass is 10.1. The first-order chi connectivity index (χ1) is 18.6. The van der Waals surface area contributed by atoms with E-state index in [1.807, 2.05) is 52.0 Å². The zero-order chi connectivity index (χ0) is 28.6. The lowest BCUT2D eigenvalue weighted by Crippen LogP contribution is -2.53. The van der Waals surface area contributed by atoms with Gasteiger partial charge in [0, 0.05) is 17.6 Å². The summed E-state index contributed by atoms with van der Waals surface area (Å²) in [5, 5.41) is 3.42. The molecule has 9 heteroatoms. The number of amides is 2. The molecule has 3 rings (SSSR count). The molecule has 0 aliphatic carbocycles. The Labute approximate surface area is 236 Å². The number of nitrogens with zero attached hydrogens (tertiary/aromatic N) is 2. The Balaban J connectivity index is 2.04. The largest absolute Gasteiger partial charge is 0.352 e. The molecule has 0 saturated carbocycles. The third kappa shape index (κ3) is 7.83. The normalized spacial score (nSPS) is 12.8. The van der Waals surface area contributed by atoms with Gasteiger partial charge in [-0.3, -0.25) is 13.9 Å². The van der Waals surface area contributed by atoms with E-state index in [0.29, 0.717) is 17.1 Å². The molecule has 0 heterocycles. The van der Waals surface area contributed by atoms with Crippen LogP contribution >= 0.6 is 11.6 Å². The van der Waals surface area contributed by atoms with E-state index < -0.39 is 28.5 Å². The van der Waals surface area contributed by atoms with Gasteiger partial charge in [-0.2, -0.15) is 0 Å². The number of carbonyl (C=O) groups excluding carboxylic acids is 2. The van der Waals surface area contributed by atoms with Gasteiger partial charge < -0.3 is 10.2 Å². The summed E-state index contributed by atoms with van der Waals surface area (Å²) < 4.78 is 28.6. The zero-order valence-corrected chi connectivity index (χ0v) is 24.4. The number of hydrogen-bond donors (Lipinski definition) is 1. The van der Waals surface area contributed by atoms with Crippen molar-refractivity contribution in [3.8, 4) is 0 Å². The topological polar surface area (TPSA) is 86.8 Å². The second kappa shape index (κ2) is 13.6. The van der Waals surface area contributed by atoms with Crippen molar-refractivity contribution in [2.24, 2.45) is 0 Å². The average molecular weight is 570 g/mol.